The second-order valence-electron chi connectivity index (χ2n) is 5.14. The molecule has 0 bridgehead atoms. The second kappa shape index (κ2) is 6.45. The monoisotopic (exact) mass is 262 g/mol. The van der Waals surface area contributed by atoms with Crippen molar-refractivity contribution in [3.05, 3.63) is 23.8 Å². The first-order chi connectivity index (χ1) is 9.16. The summed E-state index contributed by atoms with van der Waals surface area (Å²) in [5.41, 5.74) is 2.40. The highest BCUT2D eigenvalue weighted by molar-refractivity contribution is 5.76. The highest BCUT2D eigenvalue weighted by atomic mass is 16.5. The quantitative estimate of drug-likeness (QED) is 0.856. The fourth-order valence-corrected chi connectivity index (χ4v) is 2.25. The van der Waals surface area contributed by atoms with E-state index in [0.29, 0.717) is 13.0 Å². The maximum atomic E-state index is 11.5. The van der Waals surface area contributed by atoms with E-state index in [-0.39, 0.29) is 11.9 Å². The standard InChI is InChI=1S/C15H22N2O2/c1-11(2)17-14(18)8-10-19-13-7-3-5-12-6-4-9-16-15(12)13/h3,5,7,11,16H,4,6,8-10H2,1-2H3,(H,17,18). The summed E-state index contributed by atoms with van der Waals surface area (Å²) in [6.45, 7) is 5.31. The molecule has 0 radical (unpaired) electrons. The Morgan fingerprint density at radius 3 is 3.11 bits per heavy atom. The largest absolute Gasteiger partial charge is 0.491 e. The third-order valence-corrected chi connectivity index (χ3v) is 3.07. The number of nitrogens with one attached hydrogen (secondary N) is 2. The molecule has 1 aromatic carbocycles. The van der Waals surface area contributed by atoms with E-state index < -0.39 is 0 Å². The van der Waals surface area contributed by atoms with Crippen molar-refractivity contribution in [3.63, 3.8) is 0 Å². The van der Waals surface area contributed by atoms with Crippen LogP contribution in [0.5, 0.6) is 5.75 Å². The van der Waals surface area contributed by atoms with Gasteiger partial charge in [-0.25, -0.2) is 0 Å². The molecule has 0 saturated heterocycles. The topological polar surface area (TPSA) is 50.4 Å². The summed E-state index contributed by atoms with van der Waals surface area (Å²) in [6.07, 6.45) is 2.64. The molecular weight excluding hydrogens is 240 g/mol. The summed E-state index contributed by atoms with van der Waals surface area (Å²) < 4.78 is 5.73. The summed E-state index contributed by atoms with van der Waals surface area (Å²) in [6, 6.07) is 6.27. The van der Waals surface area contributed by atoms with E-state index in [2.05, 4.69) is 16.7 Å². The lowest BCUT2D eigenvalue weighted by Gasteiger charge is -2.21. The fraction of sp³-hybridized carbons (Fsp3) is 0.533. The summed E-state index contributed by atoms with van der Waals surface area (Å²) in [4.78, 5) is 11.5. The molecule has 0 saturated carbocycles. The first kappa shape index (κ1) is 13.7. The number of hydrogen-bond donors (Lipinski definition) is 2. The maximum absolute atomic E-state index is 11.5. The van der Waals surface area contributed by atoms with E-state index in [1.165, 1.54) is 5.56 Å². The van der Waals surface area contributed by atoms with Crippen molar-refractivity contribution in [1.82, 2.24) is 5.32 Å². The van der Waals surface area contributed by atoms with Gasteiger partial charge in [-0.1, -0.05) is 12.1 Å². The van der Waals surface area contributed by atoms with Gasteiger partial charge in [-0.2, -0.15) is 0 Å². The Balaban J connectivity index is 1.88. The van der Waals surface area contributed by atoms with Crippen LogP contribution in [0.4, 0.5) is 5.69 Å². The van der Waals surface area contributed by atoms with E-state index in [4.69, 9.17) is 4.74 Å². The molecule has 0 aromatic heterocycles. The molecular formula is C15H22N2O2. The number of fused-ring (bicyclic) bond motifs is 1. The summed E-state index contributed by atoms with van der Waals surface area (Å²) in [5.74, 6) is 0.891. The van der Waals surface area contributed by atoms with Crippen molar-refractivity contribution in [3.8, 4) is 5.75 Å². The lowest BCUT2D eigenvalue weighted by atomic mass is 10.0. The average molecular weight is 262 g/mol. The van der Waals surface area contributed by atoms with Crippen molar-refractivity contribution in [2.24, 2.45) is 0 Å². The summed E-state index contributed by atoms with van der Waals surface area (Å²) in [7, 11) is 0. The Hall–Kier alpha value is -1.71. The highest BCUT2D eigenvalue weighted by Crippen LogP contribution is 2.31. The number of anilines is 1. The van der Waals surface area contributed by atoms with E-state index >= 15 is 0 Å². The Morgan fingerprint density at radius 1 is 1.47 bits per heavy atom. The van der Waals surface area contributed by atoms with Gasteiger partial charge in [0.15, 0.2) is 0 Å². The minimum atomic E-state index is 0.0350. The van der Waals surface area contributed by atoms with Crippen LogP contribution in [0.25, 0.3) is 0 Å². The molecule has 19 heavy (non-hydrogen) atoms. The minimum absolute atomic E-state index is 0.0350. The zero-order chi connectivity index (χ0) is 13.7. The van der Waals surface area contributed by atoms with Crippen LogP contribution in [0.2, 0.25) is 0 Å². The number of amides is 1. The Labute approximate surface area is 114 Å². The van der Waals surface area contributed by atoms with E-state index in [1.807, 2.05) is 26.0 Å². The first-order valence-electron chi connectivity index (χ1n) is 6.94. The summed E-state index contributed by atoms with van der Waals surface area (Å²) >= 11 is 0. The highest BCUT2D eigenvalue weighted by Gasteiger charge is 2.13. The van der Waals surface area contributed by atoms with Crippen LogP contribution in [0.3, 0.4) is 0 Å². The molecule has 4 heteroatoms. The number of para-hydroxylation sites is 1. The van der Waals surface area contributed by atoms with Gasteiger partial charge in [-0.15, -0.1) is 0 Å². The number of carbonyl (C=O) groups is 1. The molecule has 0 unspecified atom stereocenters. The average Bonchev–Trinajstić information content (AvgIpc) is 2.38. The van der Waals surface area contributed by atoms with Crippen molar-refractivity contribution < 1.29 is 9.53 Å². The fourth-order valence-electron chi connectivity index (χ4n) is 2.25. The predicted molar refractivity (Wildman–Crippen MR) is 76.6 cm³/mol. The van der Waals surface area contributed by atoms with Gasteiger partial charge in [-0.05, 0) is 38.3 Å². The van der Waals surface area contributed by atoms with Crippen LogP contribution >= 0.6 is 0 Å². The molecule has 1 amide bonds. The van der Waals surface area contributed by atoms with Gasteiger partial charge in [0.1, 0.15) is 5.75 Å². The van der Waals surface area contributed by atoms with Gasteiger partial charge < -0.3 is 15.4 Å². The SMILES string of the molecule is CC(C)NC(=O)CCOc1cccc2c1NCCC2. The number of benzene rings is 1. The van der Waals surface area contributed by atoms with Gasteiger partial charge in [0.2, 0.25) is 5.91 Å². The number of ether oxygens (including phenoxy) is 1. The zero-order valence-electron chi connectivity index (χ0n) is 11.7. The van der Waals surface area contributed by atoms with Crippen LogP contribution in [0.15, 0.2) is 18.2 Å². The Morgan fingerprint density at radius 2 is 2.32 bits per heavy atom. The van der Waals surface area contributed by atoms with Crippen molar-refractivity contribution >= 4 is 11.6 Å². The van der Waals surface area contributed by atoms with E-state index in [0.717, 1.165) is 30.8 Å². The Kier molecular flexibility index (Phi) is 4.66. The minimum Gasteiger partial charge on any atom is -0.491 e. The van der Waals surface area contributed by atoms with Crippen molar-refractivity contribution in [2.75, 3.05) is 18.5 Å². The van der Waals surface area contributed by atoms with Crippen molar-refractivity contribution in [1.29, 1.82) is 0 Å². The van der Waals surface area contributed by atoms with Gasteiger partial charge >= 0.3 is 0 Å². The summed E-state index contributed by atoms with van der Waals surface area (Å²) in [5, 5.41) is 6.23. The van der Waals surface area contributed by atoms with Crippen molar-refractivity contribution in [2.45, 2.75) is 39.2 Å². The molecule has 0 atom stereocenters. The predicted octanol–water partition coefficient (Wildman–Crippen LogP) is 2.34. The molecule has 4 nitrogen and oxygen atoms in total. The van der Waals surface area contributed by atoms with Crippen LogP contribution in [-0.4, -0.2) is 25.1 Å². The lowest BCUT2D eigenvalue weighted by Crippen LogP contribution is -2.31. The zero-order valence-corrected chi connectivity index (χ0v) is 11.7. The van der Waals surface area contributed by atoms with Crippen LogP contribution < -0.4 is 15.4 Å². The molecule has 1 aliphatic rings. The Bertz CT molecular complexity index is 444. The first-order valence-corrected chi connectivity index (χ1v) is 6.94. The molecule has 0 spiro atoms. The van der Waals surface area contributed by atoms with Gasteiger partial charge in [0.25, 0.3) is 0 Å². The second-order valence-corrected chi connectivity index (χ2v) is 5.14. The van der Waals surface area contributed by atoms with Crippen LogP contribution in [0, 0.1) is 0 Å². The molecule has 0 aliphatic carbocycles. The molecule has 0 fully saturated rings. The third-order valence-electron chi connectivity index (χ3n) is 3.07. The van der Waals surface area contributed by atoms with Gasteiger partial charge in [-0.3, -0.25) is 4.79 Å². The molecule has 1 heterocycles. The molecule has 2 N–H and O–H groups in total. The van der Waals surface area contributed by atoms with Crippen LogP contribution in [-0.2, 0) is 11.2 Å². The molecule has 2 rings (SSSR count). The molecule has 104 valence electrons. The van der Waals surface area contributed by atoms with Crippen LogP contribution in [0.1, 0.15) is 32.3 Å². The lowest BCUT2D eigenvalue weighted by molar-refractivity contribution is -0.122. The number of aryl methyl sites for hydroxylation is 1. The van der Waals surface area contributed by atoms with Gasteiger partial charge in [0, 0.05) is 12.6 Å². The number of carbonyl (C=O) groups excluding carboxylic acids is 1. The number of hydrogen-bond acceptors (Lipinski definition) is 3. The third kappa shape index (κ3) is 3.88. The molecule has 1 aromatic rings. The van der Waals surface area contributed by atoms with Gasteiger partial charge in [0.05, 0.1) is 18.7 Å². The smallest absolute Gasteiger partial charge is 0.223 e. The number of rotatable bonds is 5. The normalized spacial score (nSPS) is 13.6. The maximum Gasteiger partial charge on any atom is 0.223 e. The van der Waals surface area contributed by atoms with E-state index in [9.17, 15) is 4.79 Å². The molecule has 1 aliphatic heterocycles. The van der Waals surface area contributed by atoms with E-state index in [1.54, 1.807) is 0 Å².